The fourth-order valence-electron chi connectivity index (χ4n) is 4.07. The maximum absolute atomic E-state index is 10.2. The molecule has 6 aromatic rings. The summed E-state index contributed by atoms with van der Waals surface area (Å²) < 4.78 is 14.8. The molecule has 4 heterocycles. The maximum Gasteiger partial charge on any atom is 0.198 e. The summed E-state index contributed by atoms with van der Waals surface area (Å²) in [6.07, 6.45) is 3.59. The number of methoxy groups -OCH3 is 1. The van der Waals surface area contributed by atoms with E-state index in [1.165, 1.54) is 0 Å². The Morgan fingerprint density at radius 1 is 0.971 bits per heavy atom. The predicted molar refractivity (Wildman–Crippen MR) is 127 cm³/mol. The van der Waals surface area contributed by atoms with E-state index in [9.17, 15) is 5.11 Å². The summed E-state index contributed by atoms with van der Waals surface area (Å²) in [5, 5.41) is 26.0. The van der Waals surface area contributed by atoms with Crippen LogP contribution in [0.25, 0.3) is 38.6 Å². The molecule has 1 N–H and O–H groups in total. The molecule has 34 heavy (non-hydrogen) atoms. The third-order valence-corrected chi connectivity index (χ3v) is 5.85. The van der Waals surface area contributed by atoms with Crippen LogP contribution in [0.15, 0.2) is 67.0 Å². The topological polar surface area (TPSA) is 99.6 Å². The number of nitrogens with zero attached hydrogens (tertiary/aromatic N) is 6. The summed E-state index contributed by atoms with van der Waals surface area (Å²) in [5.74, 6) is 2.25. The highest BCUT2D eigenvalue weighted by Gasteiger charge is 2.13. The van der Waals surface area contributed by atoms with Crippen LogP contribution in [0.1, 0.15) is 5.82 Å². The summed E-state index contributed by atoms with van der Waals surface area (Å²) >= 11 is 0. The van der Waals surface area contributed by atoms with Crippen LogP contribution in [0, 0.1) is 0 Å². The molecule has 0 aliphatic carbocycles. The van der Waals surface area contributed by atoms with E-state index in [1.54, 1.807) is 22.4 Å². The minimum atomic E-state index is 0.189. The van der Waals surface area contributed by atoms with Crippen molar-refractivity contribution in [2.24, 2.45) is 7.05 Å². The highest BCUT2D eigenvalue weighted by Crippen LogP contribution is 2.30. The third kappa shape index (κ3) is 3.25. The van der Waals surface area contributed by atoms with Crippen LogP contribution < -0.4 is 9.47 Å². The number of ether oxygens (including phenoxy) is 2. The SMILES string of the molecule is COc1ccc2c(OCc3nnc4ccc(-c5ccc6c(O)n(C)cc6c5)nn34)ccnc2c1. The van der Waals surface area contributed by atoms with Gasteiger partial charge in [0.05, 0.1) is 18.3 Å². The lowest BCUT2D eigenvalue weighted by Crippen LogP contribution is -2.05. The molecule has 0 spiro atoms. The largest absolute Gasteiger partial charge is 0.497 e. The minimum Gasteiger partial charge on any atom is -0.497 e. The van der Waals surface area contributed by atoms with Gasteiger partial charge in [-0.1, -0.05) is 6.07 Å². The molecule has 0 atom stereocenters. The zero-order valence-corrected chi connectivity index (χ0v) is 18.5. The molecule has 4 aromatic heterocycles. The Kier molecular flexibility index (Phi) is 4.54. The number of aromatic nitrogens is 6. The normalized spacial score (nSPS) is 11.5. The molecule has 0 aliphatic rings. The monoisotopic (exact) mass is 452 g/mol. The number of fused-ring (bicyclic) bond motifs is 3. The van der Waals surface area contributed by atoms with Crippen molar-refractivity contribution in [3.05, 3.63) is 72.8 Å². The van der Waals surface area contributed by atoms with Gasteiger partial charge in [0, 0.05) is 47.2 Å². The van der Waals surface area contributed by atoms with Crippen LogP contribution >= 0.6 is 0 Å². The van der Waals surface area contributed by atoms with Crippen LogP contribution in [0.2, 0.25) is 0 Å². The summed E-state index contributed by atoms with van der Waals surface area (Å²) in [5.41, 5.74) is 3.10. The van der Waals surface area contributed by atoms with Crippen LogP contribution in [0.4, 0.5) is 0 Å². The molecular formula is C25H20N6O3. The molecule has 0 radical (unpaired) electrons. The minimum absolute atomic E-state index is 0.189. The van der Waals surface area contributed by atoms with Gasteiger partial charge in [-0.05, 0) is 42.5 Å². The first-order chi connectivity index (χ1) is 16.6. The van der Waals surface area contributed by atoms with Gasteiger partial charge in [-0.25, -0.2) is 0 Å². The van der Waals surface area contributed by atoms with Crippen LogP contribution in [0.3, 0.4) is 0 Å². The van der Waals surface area contributed by atoms with E-state index in [1.807, 2.05) is 67.8 Å². The lowest BCUT2D eigenvalue weighted by atomic mass is 10.1. The first-order valence-electron chi connectivity index (χ1n) is 10.7. The highest BCUT2D eigenvalue weighted by molar-refractivity contribution is 5.91. The van der Waals surface area contributed by atoms with E-state index in [0.29, 0.717) is 17.2 Å². The van der Waals surface area contributed by atoms with Crippen LogP contribution in [-0.2, 0) is 13.7 Å². The van der Waals surface area contributed by atoms with Crippen molar-refractivity contribution in [1.82, 2.24) is 29.4 Å². The molecule has 0 saturated heterocycles. The second kappa shape index (κ2) is 7.73. The molecule has 0 fully saturated rings. The number of aromatic hydroxyl groups is 1. The van der Waals surface area contributed by atoms with Gasteiger partial charge in [0.15, 0.2) is 17.4 Å². The van der Waals surface area contributed by atoms with E-state index in [2.05, 4.69) is 15.2 Å². The third-order valence-electron chi connectivity index (χ3n) is 5.85. The summed E-state index contributed by atoms with van der Waals surface area (Å²) in [4.78, 5) is 4.40. The Bertz CT molecular complexity index is 1690. The zero-order valence-electron chi connectivity index (χ0n) is 18.5. The molecule has 2 aromatic carbocycles. The predicted octanol–water partition coefficient (Wildman–Crippen LogP) is 4.12. The summed E-state index contributed by atoms with van der Waals surface area (Å²) in [6, 6.07) is 17.1. The van der Waals surface area contributed by atoms with Crippen molar-refractivity contribution in [3.8, 4) is 28.6 Å². The number of hydrogen-bond donors (Lipinski definition) is 1. The fraction of sp³-hybridized carbons (Fsp3) is 0.120. The molecule has 168 valence electrons. The van der Waals surface area contributed by atoms with Gasteiger partial charge in [-0.3, -0.25) is 4.98 Å². The lowest BCUT2D eigenvalue weighted by Gasteiger charge is -2.09. The molecule has 0 saturated carbocycles. The summed E-state index contributed by atoms with van der Waals surface area (Å²) in [6.45, 7) is 0.189. The highest BCUT2D eigenvalue weighted by atomic mass is 16.5. The molecule has 6 rings (SSSR count). The Morgan fingerprint density at radius 2 is 1.85 bits per heavy atom. The van der Waals surface area contributed by atoms with Gasteiger partial charge in [0.25, 0.3) is 0 Å². The molecule has 9 heteroatoms. The van der Waals surface area contributed by atoms with Gasteiger partial charge in [0.1, 0.15) is 18.1 Å². The second-order valence-corrected chi connectivity index (χ2v) is 7.95. The molecule has 0 bridgehead atoms. The number of benzene rings is 2. The average molecular weight is 452 g/mol. The molecule has 0 amide bonds. The van der Waals surface area contributed by atoms with E-state index in [-0.39, 0.29) is 12.5 Å². The Morgan fingerprint density at radius 3 is 2.74 bits per heavy atom. The maximum atomic E-state index is 10.2. The Hall–Kier alpha value is -4.66. The van der Waals surface area contributed by atoms with Gasteiger partial charge < -0.3 is 19.1 Å². The second-order valence-electron chi connectivity index (χ2n) is 7.95. The Labute approximate surface area is 193 Å². The number of rotatable bonds is 5. The van der Waals surface area contributed by atoms with Gasteiger partial charge in [0.2, 0.25) is 0 Å². The average Bonchev–Trinajstić information content (AvgIpc) is 3.41. The van der Waals surface area contributed by atoms with Crippen molar-refractivity contribution >= 4 is 27.3 Å². The van der Waals surface area contributed by atoms with Crippen molar-refractivity contribution in [2.45, 2.75) is 6.61 Å². The van der Waals surface area contributed by atoms with Crippen LogP contribution in [-0.4, -0.2) is 41.6 Å². The van der Waals surface area contributed by atoms with Crippen molar-refractivity contribution in [1.29, 1.82) is 0 Å². The molecule has 9 nitrogen and oxygen atoms in total. The standard InChI is InChI=1S/C25H20N6O3/c1-30-13-16-11-15(3-5-18(16)25(30)32)20-7-8-23-27-28-24(31(23)29-20)14-34-22-9-10-26-21-12-17(33-2)4-6-19(21)22/h3-13,32H,14H2,1-2H3. The van der Waals surface area contributed by atoms with E-state index in [0.717, 1.165) is 38.7 Å². The van der Waals surface area contributed by atoms with Gasteiger partial charge >= 0.3 is 0 Å². The first-order valence-corrected chi connectivity index (χ1v) is 10.7. The first kappa shape index (κ1) is 20.0. The molecule has 0 unspecified atom stereocenters. The zero-order chi connectivity index (χ0) is 23.2. The quantitative estimate of drug-likeness (QED) is 0.420. The van der Waals surface area contributed by atoms with Crippen LogP contribution in [0.5, 0.6) is 17.4 Å². The smallest absolute Gasteiger partial charge is 0.198 e. The molecular weight excluding hydrogens is 432 g/mol. The molecule has 0 aliphatic heterocycles. The van der Waals surface area contributed by atoms with Gasteiger partial charge in [-0.2, -0.15) is 9.61 Å². The summed E-state index contributed by atoms with van der Waals surface area (Å²) in [7, 11) is 3.44. The fourth-order valence-corrected chi connectivity index (χ4v) is 4.07. The number of hydrogen-bond acceptors (Lipinski definition) is 7. The Balaban J connectivity index is 1.33. The number of aryl methyl sites for hydroxylation is 1. The lowest BCUT2D eigenvalue weighted by molar-refractivity contribution is 0.296. The van der Waals surface area contributed by atoms with E-state index in [4.69, 9.17) is 14.6 Å². The van der Waals surface area contributed by atoms with Crippen molar-refractivity contribution in [3.63, 3.8) is 0 Å². The van der Waals surface area contributed by atoms with E-state index >= 15 is 0 Å². The van der Waals surface area contributed by atoms with E-state index < -0.39 is 0 Å². The number of pyridine rings is 1. The van der Waals surface area contributed by atoms with Gasteiger partial charge in [-0.15, -0.1) is 10.2 Å². The van der Waals surface area contributed by atoms with Crippen molar-refractivity contribution in [2.75, 3.05) is 7.11 Å². The van der Waals surface area contributed by atoms with Crippen molar-refractivity contribution < 1.29 is 14.6 Å².